The van der Waals surface area contributed by atoms with Crippen LogP contribution in [-0.2, 0) is 11.3 Å². The minimum absolute atomic E-state index is 0.406. The van der Waals surface area contributed by atoms with Gasteiger partial charge in [0.2, 0.25) is 0 Å². The van der Waals surface area contributed by atoms with Gasteiger partial charge in [0, 0.05) is 0 Å². The molecule has 0 spiro atoms. The molecule has 1 amide bonds. The first-order chi connectivity index (χ1) is 9.86. The second kappa shape index (κ2) is 5.77. The summed E-state index contributed by atoms with van der Waals surface area (Å²) >= 11 is 0. The predicted octanol–water partition coefficient (Wildman–Crippen LogP) is 3.87. The molecule has 0 unspecified atom stereocenters. The first kappa shape index (κ1) is 15.4. The van der Waals surface area contributed by atoms with Crippen LogP contribution < -0.4 is 0 Å². The van der Waals surface area contributed by atoms with Crippen molar-refractivity contribution in [3.63, 3.8) is 0 Å². The fraction of sp³-hybridized carbons (Fsp3) is 0.529. The minimum Gasteiger partial charge on any atom is -0.444 e. The highest BCUT2D eigenvalue weighted by Gasteiger charge is 2.46. The number of rotatable bonds is 3. The van der Waals surface area contributed by atoms with Crippen LogP contribution in [0.5, 0.6) is 0 Å². The van der Waals surface area contributed by atoms with E-state index in [2.05, 4.69) is 6.07 Å². The van der Waals surface area contributed by atoms with Crippen LogP contribution in [0.2, 0.25) is 0 Å². The first-order valence-electron chi connectivity index (χ1n) is 7.32. The minimum atomic E-state index is -0.710. The SMILES string of the molecule is CC(C)(C)OC(=O)N(Cc1ccccc1)C1(C#N)CCC1. The van der Waals surface area contributed by atoms with Crippen molar-refractivity contribution in [1.82, 2.24) is 4.90 Å². The van der Waals surface area contributed by atoms with Gasteiger partial charge in [-0.05, 0) is 45.6 Å². The molecule has 21 heavy (non-hydrogen) atoms. The third kappa shape index (κ3) is 3.55. The summed E-state index contributed by atoms with van der Waals surface area (Å²) in [7, 11) is 0. The average molecular weight is 286 g/mol. The van der Waals surface area contributed by atoms with Crippen LogP contribution in [-0.4, -0.2) is 22.1 Å². The van der Waals surface area contributed by atoms with Crippen molar-refractivity contribution in [1.29, 1.82) is 5.26 Å². The highest BCUT2D eigenvalue weighted by molar-refractivity contribution is 5.70. The highest BCUT2D eigenvalue weighted by Crippen LogP contribution is 2.39. The molecule has 2 rings (SSSR count). The predicted molar refractivity (Wildman–Crippen MR) is 80.4 cm³/mol. The Morgan fingerprint density at radius 2 is 1.95 bits per heavy atom. The van der Waals surface area contributed by atoms with E-state index in [-0.39, 0.29) is 0 Å². The molecule has 0 heterocycles. The zero-order valence-electron chi connectivity index (χ0n) is 12.9. The van der Waals surface area contributed by atoms with Gasteiger partial charge in [0.25, 0.3) is 0 Å². The normalized spacial score (nSPS) is 16.5. The van der Waals surface area contributed by atoms with E-state index in [9.17, 15) is 10.1 Å². The van der Waals surface area contributed by atoms with Gasteiger partial charge in [0.1, 0.15) is 11.1 Å². The van der Waals surface area contributed by atoms with Gasteiger partial charge in [-0.1, -0.05) is 30.3 Å². The Bertz CT molecular complexity index is 536. The van der Waals surface area contributed by atoms with Gasteiger partial charge in [0.15, 0.2) is 0 Å². The van der Waals surface area contributed by atoms with E-state index in [1.807, 2.05) is 51.1 Å². The number of hydrogen-bond acceptors (Lipinski definition) is 3. The van der Waals surface area contributed by atoms with Gasteiger partial charge in [-0.25, -0.2) is 4.79 Å². The Morgan fingerprint density at radius 3 is 2.38 bits per heavy atom. The third-order valence-corrected chi connectivity index (χ3v) is 3.70. The fourth-order valence-corrected chi connectivity index (χ4v) is 2.43. The molecule has 1 aromatic rings. The van der Waals surface area contributed by atoms with E-state index in [0.29, 0.717) is 6.54 Å². The molecule has 0 atom stereocenters. The second-order valence-electron chi connectivity index (χ2n) is 6.55. The summed E-state index contributed by atoms with van der Waals surface area (Å²) in [5.74, 6) is 0. The van der Waals surface area contributed by atoms with E-state index in [0.717, 1.165) is 24.8 Å². The Balaban J connectivity index is 2.23. The molecule has 1 aromatic carbocycles. The lowest BCUT2D eigenvalue weighted by Crippen LogP contribution is -2.55. The molecule has 1 fully saturated rings. The van der Waals surface area contributed by atoms with E-state index >= 15 is 0 Å². The summed E-state index contributed by atoms with van der Waals surface area (Å²) in [6, 6.07) is 12.0. The van der Waals surface area contributed by atoms with Crippen molar-refractivity contribution in [2.75, 3.05) is 0 Å². The molecule has 112 valence electrons. The molecule has 0 N–H and O–H groups in total. The third-order valence-electron chi connectivity index (χ3n) is 3.70. The number of carbonyl (C=O) groups excluding carboxylic acids is 1. The Hall–Kier alpha value is -2.02. The van der Waals surface area contributed by atoms with E-state index < -0.39 is 17.2 Å². The number of carbonyl (C=O) groups is 1. The van der Waals surface area contributed by atoms with Crippen molar-refractivity contribution < 1.29 is 9.53 Å². The van der Waals surface area contributed by atoms with Gasteiger partial charge < -0.3 is 4.74 Å². The quantitative estimate of drug-likeness (QED) is 0.847. The highest BCUT2D eigenvalue weighted by atomic mass is 16.6. The van der Waals surface area contributed by atoms with Crippen LogP contribution in [0.1, 0.15) is 45.6 Å². The maximum absolute atomic E-state index is 12.5. The zero-order valence-corrected chi connectivity index (χ0v) is 12.9. The molecule has 0 aliphatic heterocycles. The molecule has 0 aromatic heterocycles. The van der Waals surface area contributed by atoms with Crippen LogP contribution in [0.3, 0.4) is 0 Å². The molecule has 4 heteroatoms. The maximum atomic E-state index is 12.5. The summed E-state index contributed by atoms with van der Waals surface area (Å²) in [4.78, 5) is 14.1. The molecule has 0 bridgehead atoms. The number of ether oxygens (including phenoxy) is 1. The van der Waals surface area contributed by atoms with Gasteiger partial charge in [0.05, 0.1) is 12.6 Å². The maximum Gasteiger partial charge on any atom is 0.411 e. The topological polar surface area (TPSA) is 53.3 Å². The summed E-state index contributed by atoms with van der Waals surface area (Å²) in [6.07, 6.45) is 2.00. The monoisotopic (exact) mass is 286 g/mol. The van der Waals surface area contributed by atoms with Gasteiger partial charge in [-0.15, -0.1) is 0 Å². The number of amides is 1. The summed E-state index contributed by atoms with van der Waals surface area (Å²) in [5, 5.41) is 9.53. The number of benzene rings is 1. The molecule has 1 aliphatic carbocycles. The van der Waals surface area contributed by atoms with Crippen LogP contribution in [0.25, 0.3) is 0 Å². The summed E-state index contributed by atoms with van der Waals surface area (Å²) < 4.78 is 5.49. The Kier molecular flexibility index (Phi) is 4.22. The first-order valence-corrected chi connectivity index (χ1v) is 7.32. The summed E-state index contributed by atoms with van der Waals surface area (Å²) in [5.41, 5.74) is -0.269. The largest absolute Gasteiger partial charge is 0.444 e. The van der Waals surface area contributed by atoms with Crippen LogP contribution in [0.15, 0.2) is 30.3 Å². The van der Waals surface area contributed by atoms with Crippen LogP contribution in [0.4, 0.5) is 4.79 Å². The number of hydrogen-bond donors (Lipinski definition) is 0. The summed E-state index contributed by atoms with van der Waals surface area (Å²) in [6.45, 7) is 5.92. The van der Waals surface area contributed by atoms with Gasteiger partial charge >= 0.3 is 6.09 Å². The van der Waals surface area contributed by atoms with Crippen molar-refractivity contribution in [2.45, 2.75) is 57.7 Å². The van der Waals surface area contributed by atoms with Crippen LogP contribution >= 0.6 is 0 Å². The molecule has 1 saturated carbocycles. The van der Waals surface area contributed by atoms with Crippen molar-refractivity contribution >= 4 is 6.09 Å². The molecule has 0 saturated heterocycles. The lowest BCUT2D eigenvalue weighted by Gasteiger charge is -2.45. The Labute approximate surface area is 126 Å². The van der Waals surface area contributed by atoms with Gasteiger partial charge in [-0.3, -0.25) is 4.90 Å². The van der Waals surface area contributed by atoms with E-state index in [1.54, 1.807) is 4.90 Å². The molecular weight excluding hydrogens is 264 g/mol. The smallest absolute Gasteiger partial charge is 0.411 e. The number of nitrogens with zero attached hydrogens (tertiary/aromatic N) is 2. The molecular formula is C17H22N2O2. The van der Waals surface area contributed by atoms with Crippen molar-refractivity contribution in [3.8, 4) is 6.07 Å². The second-order valence-corrected chi connectivity index (χ2v) is 6.55. The molecule has 1 aliphatic rings. The average Bonchev–Trinajstić information content (AvgIpc) is 2.36. The Morgan fingerprint density at radius 1 is 1.33 bits per heavy atom. The zero-order chi connectivity index (χ0) is 15.5. The van der Waals surface area contributed by atoms with Crippen molar-refractivity contribution in [2.24, 2.45) is 0 Å². The van der Waals surface area contributed by atoms with Crippen molar-refractivity contribution in [3.05, 3.63) is 35.9 Å². The fourth-order valence-electron chi connectivity index (χ4n) is 2.43. The van der Waals surface area contributed by atoms with E-state index in [1.165, 1.54) is 0 Å². The van der Waals surface area contributed by atoms with Gasteiger partial charge in [-0.2, -0.15) is 5.26 Å². The molecule has 4 nitrogen and oxygen atoms in total. The lowest BCUT2D eigenvalue weighted by atomic mass is 9.76. The molecule has 0 radical (unpaired) electrons. The standard InChI is InChI=1S/C17H22N2O2/c1-16(2,3)21-15(20)19(17(13-18)10-7-11-17)12-14-8-5-4-6-9-14/h4-6,8-9H,7,10-12H2,1-3H3. The number of nitriles is 1. The lowest BCUT2D eigenvalue weighted by molar-refractivity contribution is -0.0119. The van der Waals surface area contributed by atoms with Crippen LogP contribution in [0, 0.1) is 11.3 Å². The van der Waals surface area contributed by atoms with E-state index in [4.69, 9.17) is 4.74 Å².